The second kappa shape index (κ2) is 5.18. The van der Waals surface area contributed by atoms with Crippen molar-refractivity contribution in [3.63, 3.8) is 0 Å². The fourth-order valence-corrected chi connectivity index (χ4v) is 2.39. The molecule has 2 aromatic heterocycles. The summed E-state index contributed by atoms with van der Waals surface area (Å²) in [5.41, 5.74) is 1.86. The number of benzene rings is 1. The Morgan fingerprint density at radius 3 is 2.67 bits per heavy atom. The second-order valence-electron chi connectivity index (χ2n) is 4.37. The number of ether oxygens (including phenoxy) is 1. The number of methoxy groups -OCH3 is 1. The predicted octanol–water partition coefficient (Wildman–Crippen LogP) is 3.58. The van der Waals surface area contributed by atoms with Crippen LogP contribution in [-0.2, 0) is 4.74 Å². The maximum Gasteiger partial charge on any atom is 0.341 e. The largest absolute Gasteiger partial charge is 0.465 e. The highest BCUT2D eigenvalue weighted by molar-refractivity contribution is 6.32. The number of nitrogens with zero attached hydrogens (tertiary/aromatic N) is 2. The molecule has 4 nitrogen and oxygen atoms in total. The van der Waals surface area contributed by atoms with Gasteiger partial charge in [-0.25, -0.2) is 14.2 Å². The summed E-state index contributed by atoms with van der Waals surface area (Å²) in [7, 11) is 1.30. The molecule has 0 aliphatic rings. The van der Waals surface area contributed by atoms with Crippen LogP contribution in [0.2, 0.25) is 5.15 Å². The van der Waals surface area contributed by atoms with Crippen LogP contribution < -0.4 is 0 Å². The van der Waals surface area contributed by atoms with Crippen LogP contribution in [0.5, 0.6) is 0 Å². The molecule has 0 radical (unpaired) electrons. The van der Waals surface area contributed by atoms with Crippen LogP contribution in [0.25, 0.3) is 16.9 Å². The van der Waals surface area contributed by atoms with Crippen molar-refractivity contribution in [2.24, 2.45) is 0 Å². The Kier molecular flexibility index (Phi) is 3.35. The van der Waals surface area contributed by atoms with Gasteiger partial charge in [0.1, 0.15) is 22.2 Å². The molecule has 0 fully saturated rings. The van der Waals surface area contributed by atoms with Crippen LogP contribution in [0.15, 0.2) is 42.6 Å². The van der Waals surface area contributed by atoms with E-state index < -0.39 is 5.97 Å². The van der Waals surface area contributed by atoms with Crippen molar-refractivity contribution < 1.29 is 13.9 Å². The Morgan fingerprint density at radius 1 is 1.29 bits per heavy atom. The van der Waals surface area contributed by atoms with Gasteiger partial charge in [-0.15, -0.1) is 0 Å². The van der Waals surface area contributed by atoms with Crippen molar-refractivity contribution in [2.75, 3.05) is 7.11 Å². The SMILES string of the molecule is COC(=O)c1cccn2c(Cl)c(-c3ccc(F)cc3)nc12. The molecule has 6 heteroatoms. The average molecular weight is 305 g/mol. The van der Waals surface area contributed by atoms with Crippen LogP contribution in [0.4, 0.5) is 4.39 Å². The average Bonchev–Trinajstić information content (AvgIpc) is 2.85. The van der Waals surface area contributed by atoms with E-state index in [-0.39, 0.29) is 5.82 Å². The molecule has 0 saturated heterocycles. The molecule has 0 N–H and O–H groups in total. The van der Waals surface area contributed by atoms with Crippen LogP contribution in [0.1, 0.15) is 10.4 Å². The van der Waals surface area contributed by atoms with Gasteiger partial charge in [-0.2, -0.15) is 0 Å². The van der Waals surface area contributed by atoms with Gasteiger partial charge >= 0.3 is 5.97 Å². The van der Waals surface area contributed by atoms with E-state index in [2.05, 4.69) is 4.98 Å². The standard InChI is InChI=1S/C15H10ClFN2O2/c1-21-15(20)11-3-2-8-19-13(16)12(18-14(11)19)9-4-6-10(17)7-5-9/h2-8H,1H3. The minimum atomic E-state index is -0.493. The Bertz CT molecular complexity index is 828. The summed E-state index contributed by atoms with van der Waals surface area (Å²) >= 11 is 6.31. The summed E-state index contributed by atoms with van der Waals surface area (Å²) in [6.07, 6.45) is 1.70. The van der Waals surface area contributed by atoms with Gasteiger partial charge < -0.3 is 4.74 Å². The number of esters is 1. The van der Waals surface area contributed by atoms with Gasteiger partial charge in [0, 0.05) is 11.8 Å². The van der Waals surface area contributed by atoms with Crippen LogP contribution in [0, 0.1) is 5.82 Å². The molecular weight excluding hydrogens is 295 g/mol. The predicted molar refractivity (Wildman–Crippen MR) is 76.9 cm³/mol. The van der Waals surface area contributed by atoms with Gasteiger partial charge in [-0.3, -0.25) is 4.40 Å². The number of carbonyl (C=O) groups is 1. The number of halogens is 2. The molecule has 0 bridgehead atoms. The van der Waals surface area contributed by atoms with Crippen molar-refractivity contribution in [1.82, 2.24) is 9.38 Å². The Balaban J connectivity index is 2.24. The Hall–Kier alpha value is -2.40. The highest BCUT2D eigenvalue weighted by Gasteiger charge is 2.18. The summed E-state index contributed by atoms with van der Waals surface area (Å²) in [4.78, 5) is 16.1. The normalized spacial score (nSPS) is 10.8. The lowest BCUT2D eigenvalue weighted by Gasteiger charge is -2.00. The monoisotopic (exact) mass is 304 g/mol. The first-order valence-electron chi connectivity index (χ1n) is 6.12. The van der Waals surface area contributed by atoms with Gasteiger partial charge in [-0.1, -0.05) is 11.6 Å². The van der Waals surface area contributed by atoms with Crippen molar-refractivity contribution in [3.8, 4) is 11.3 Å². The molecular formula is C15H10ClFN2O2. The minimum Gasteiger partial charge on any atom is -0.465 e. The highest BCUT2D eigenvalue weighted by atomic mass is 35.5. The number of hydrogen-bond acceptors (Lipinski definition) is 3. The molecule has 3 aromatic rings. The summed E-state index contributed by atoms with van der Waals surface area (Å²) in [5.74, 6) is -0.832. The molecule has 0 saturated carbocycles. The van der Waals surface area contributed by atoms with E-state index >= 15 is 0 Å². The number of aromatic nitrogens is 2. The molecule has 1 aromatic carbocycles. The third-order valence-electron chi connectivity index (χ3n) is 3.11. The highest BCUT2D eigenvalue weighted by Crippen LogP contribution is 2.29. The maximum absolute atomic E-state index is 13.0. The van der Waals surface area contributed by atoms with Crippen LogP contribution >= 0.6 is 11.6 Å². The molecule has 106 valence electrons. The fourth-order valence-electron chi connectivity index (χ4n) is 2.10. The zero-order chi connectivity index (χ0) is 15.0. The van der Waals surface area contributed by atoms with Crippen molar-refractivity contribution in [2.45, 2.75) is 0 Å². The third kappa shape index (κ3) is 2.25. The first-order chi connectivity index (χ1) is 10.1. The van der Waals surface area contributed by atoms with Gasteiger partial charge in [0.2, 0.25) is 0 Å². The topological polar surface area (TPSA) is 43.6 Å². The Labute approximate surface area is 124 Å². The third-order valence-corrected chi connectivity index (χ3v) is 3.48. The van der Waals surface area contributed by atoms with E-state index in [1.807, 2.05) is 0 Å². The zero-order valence-corrected chi connectivity index (χ0v) is 11.8. The molecule has 0 amide bonds. The molecule has 0 atom stereocenters. The number of hydrogen-bond donors (Lipinski definition) is 0. The lowest BCUT2D eigenvalue weighted by molar-refractivity contribution is 0.0602. The lowest BCUT2D eigenvalue weighted by Crippen LogP contribution is -2.03. The number of carbonyl (C=O) groups excluding carboxylic acids is 1. The molecule has 0 unspecified atom stereocenters. The lowest BCUT2D eigenvalue weighted by atomic mass is 10.2. The van der Waals surface area contributed by atoms with Crippen molar-refractivity contribution in [3.05, 3.63) is 59.1 Å². The van der Waals surface area contributed by atoms with E-state index in [1.165, 1.54) is 19.2 Å². The van der Waals surface area contributed by atoms with Gasteiger partial charge in [0.05, 0.1) is 7.11 Å². The Morgan fingerprint density at radius 2 is 2.00 bits per heavy atom. The second-order valence-corrected chi connectivity index (χ2v) is 4.72. The van der Waals surface area contributed by atoms with Crippen LogP contribution in [-0.4, -0.2) is 22.5 Å². The number of imidazole rings is 1. The smallest absolute Gasteiger partial charge is 0.341 e. The van der Waals surface area contributed by atoms with E-state index in [0.29, 0.717) is 27.6 Å². The van der Waals surface area contributed by atoms with Gasteiger partial charge in [-0.05, 0) is 36.4 Å². The van der Waals surface area contributed by atoms with E-state index in [9.17, 15) is 9.18 Å². The maximum atomic E-state index is 13.0. The molecule has 2 heterocycles. The number of pyridine rings is 1. The number of fused-ring (bicyclic) bond motifs is 1. The molecule has 0 spiro atoms. The number of rotatable bonds is 2. The fraction of sp³-hybridized carbons (Fsp3) is 0.0667. The van der Waals surface area contributed by atoms with E-state index in [4.69, 9.17) is 16.3 Å². The summed E-state index contributed by atoms with van der Waals surface area (Å²) in [5, 5.41) is 0.349. The van der Waals surface area contributed by atoms with Gasteiger partial charge in [0.25, 0.3) is 0 Å². The minimum absolute atomic E-state index is 0.315. The molecule has 21 heavy (non-hydrogen) atoms. The molecule has 3 rings (SSSR count). The summed E-state index contributed by atoms with van der Waals surface area (Å²) in [6, 6.07) is 9.12. The zero-order valence-electron chi connectivity index (χ0n) is 11.0. The van der Waals surface area contributed by atoms with Gasteiger partial charge in [0.15, 0.2) is 5.65 Å². The molecule has 0 aliphatic heterocycles. The first-order valence-corrected chi connectivity index (χ1v) is 6.50. The van der Waals surface area contributed by atoms with E-state index in [1.54, 1.807) is 34.9 Å². The quantitative estimate of drug-likeness (QED) is 0.680. The summed E-state index contributed by atoms with van der Waals surface area (Å²) in [6.45, 7) is 0. The van der Waals surface area contributed by atoms with E-state index in [0.717, 1.165) is 0 Å². The van der Waals surface area contributed by atoms with Crippen molar-refractivity contribution >= 4 is 23.2 Å². The summed E-state index contributed by atoms with van der Waals surface area (Å²) < 4.78 is 19.3. The molecule has 0 aliphatic carbocycles. The first kappa shape index (κ1) is 13.6. The van der Waals surface area contributed by atoms with Crippen molar-refractivity contribution in [1.29, 1.82) is 0 Å². The van der Waals surface area contributed by atoms with Crippen LogP contribution in [0.3, 0.4) is 0 Å².